The molecule has 4 heteroatoms. The predicted octanol–water partition coefficient (Wildman–Crippen LogP) is 2.42. The molecule has 0 amide bonds. The molecular weight excluding hydrogens is 226 g/mol. The third-order valence-electron chi connectivity index (χ3n) is 3.05. The quantitative estimate of drug-likeness (QED) is 0.883. The van der Waals surface area contributed by atoms with Crippen LogP contribution in [0.5, 0.6) is 0 Å². The first-order valence-electron chi connectivity index (χ1n) is 6.20. The average Bonchev–Trinajstić information content (AvgIpc) is 2.69. The number of aromatic nitrogens is 3. The number of benzene rings is 1. The van der Waals surface area contributed by atoms with Gasteiger partial charge in [0.15, 0.2) is 0 Å². The van der Waals surface area contributed by atoms with Gasteiger partial charge in [-0.15, -0.1) is 0 Å². The van der Waals surface area contributed by atoms with Gasteiger partial charge in [0.25, 0.3) is 0 Å². The Kier molecular flexibility index (Phi) is 3.11. The number of H-pyrrole nitrogens is 1. The van der Waals surface area contributed by atoms with Crippen molar-refractivity contribution in [1.82, 2.24) is 14.8 Å². The third-order valence-corrected chi connectivity index (χ3v) is 3.05. The molecule has 1 heterocycles. The van der Waals surface area contributed by atoms with Crippen LogP contribution in [0.25, 0.3) is 5.69 Å². The Morgan fingerprint density at radius 1 is 1.22 bits per heavy atom. The monoisotopic (exact) mass is 245 g/mol. The molecular formula is C14H19N3O. The van der Waals surface area contributed by atoms with E-state index in [1.807, 2.05) is 19.1 Å². The van der Waals surface area contributed by atoms with E-state index in [9.17, 15) is 4.79 Å². The molecule has 0 saturated heterocycles. The molecule has 18 heavy (non-hydrogen) atoms. The van der Waals surface area contributed by atoms with Crippen LogP contribution < -0.4 is 5.69 Å². The van der Waals surface area contributed by atoms with Crippen molar-refractivity contribution < 1.29 is 0 Å². The molecule has 96 valence electrons. The van der Waals surface area contributed by atoms with E-state index in [0.717, 1.165) is 17.9 Å². The Bertz CT molecular complexity index is 585. The Morgan fingerprint density at radius 2 is 1.83 bits per heavy atom. The van der Waals surface area contributed by atoms with E-state index in [0.29, 0.717) is 0 Å². The average molecular weight is 245 g/mol. The highest BCUT2D eigenvalue weighted by Gasteiger charge is 2.14. The van der Waals surface area contributed by atoms with E-state index in [4.69, 9.17) is 0 Å². The number of aromatic amines is 1. The maximum Gasteiger partial charge on any atom is 0.347 e. The van der Waals surface area contributed by atoms with Gasteiger partial charge in [-0.2, -0.15) is 5.10 Å². The van der Waals surface area contributed by atoms with Gasteiger partial charge in [0.2, 0.25) is 0 Å². The highest BCUT2D eigenvalue weighted by Crippen LogP contribution is 2.23. The second kappa shape index (κ2) is 4.44. The summed E-state index contributed by atoms with van der Waals surface area (Å²) in [5.74, 6) is 0.753. The molecule has 0 atom stereocenters. The van der Waals surface area contributed by atoms with E-state index in [1.165, 1.54) is 5.56 Å². The Hall–Kier alpha value is -1.84. The lowest BCUT2D eigenvalue weighted by atomic mass is 9.87. The summed E-state index contributed by atoms with van der Waals surface area (Å²) >= 11 is 0. The van der Waals surface area contributed by atoms with Gasteiger partial charge in [-0.25, -0.2) is 14.5 Å². The number of nitrogens with one attached hydrogen (secondary N) is 1. The standard InChI is InChI=1S/C14H19N3O/c1-5-12-15-16-13(18)17(12)11-8-6-10(7-9-11)14(2,3)4/h6-9H,5H2,1-4H3,(H,16,18). The molecule has 0 aliphatic heterocycles. The predicted molar refractivity (Wildman–Crippen MR) is 72.3 cm³/mol. The normalized spacial score (nSPS) is 11.8. The highest BCUT2D eigenvalue weighted by molar-refractivity contribution is 5.37. The van der Waals surface area contributed by atoms with Crippen LogP contribution in [0, 0.1) is 0 Å². The van der Waals surface area contributed by atoms with Crippen molar-refractivity contribution in [1.29, 1.82) is 0 Å². The molecule has 2 aromatic rings. The second-order valence-corrected chi connectivity index (χ2v) is 5.43. The topological polar surface area (TPSA) is 50.7 Å². The zero-order chi connectivity index (χ0) is 13.3. The maximum atomic E-state index is 11.7. The van der Waals surface area contributed by atoms with Crippen molar-refractivity contribution in [2.75, 3.05) is 0 Å². The van der Waals surface area contributed by atoms with Gasteiger partial charge in [-0.05, 0) is 23.1 Å². The van der Waals surface area contributed by atoms with Gasteiger partial charge in [0.05, 0.1) is 5.69 Å². The van der Waals surface area contributed by atoms with Crippen LogP contribution in [0.4, 0.5) is 0 Å². The lowest BCUT2D eigenvalue weighted by Gasteiger charge is -2.19. The number of hydrogen-bond donors (Lipinski definition) is 1. The number of hydrogen-bond acceptors (Lipinski definition) is 2. The first kappa shape index (κ1) is 12.6. The molecule has 2 rings (SSSR count). The molecule has 0 unspecified atom stereocenters. The molecule has 1 aromatic heterocycles. The zero-order valence-corrected chi connectivity index (χ0v) is 11.3. The summed E-state index contributed by atoms with van der Waals surface area (Å²) in [6.07, 6.45) is 0.722. The van der Waals surface area contributed by atoms with Crippen molar-refractivity contribution >= 4 is 0 Å². The summed E-state index contributed by atoms with van der Waals surface area (Å²) in [5.41, 5.74) is 2.04. The lowest BCUT2D eigenvalue weighted by molar-refractivity contribution is 0.590. The first-order valence-corrected chi connectivity index (χ1v) is 6.20. The van der Waals surface area contributed by atoms with Gasteiger partial charge in [0, 0.05) is 6.42 Å². The molecule has 0 spiro atoms. The smallest absolute Gasteiger partial charge is 0.247 e. The van der Waals surface area contributed by atoms with Gasteiger partial charge in [0.1, 0.15) is 5.82 Å². The van der Waals surface area contributed by atoms with Crippen molar-refractivity contribution in [3.8, 4) is 5.69 Å². The Balaban J connectivity index is 2.47. The number of rotatable bonds is 2. The van der Waals surface area contributed by atoms with Gasteiger partial charge in [-0.3, -0.25) is 0 Å². The van der Waals surface area contributed by atoms with E-state index in [1.54, 1.807) is 4.57 Å². The minimum absolute atomic E-state index is 0.119. The highest BCUT2D eigenvalue weighted by atomic mass is 16.1. The SMILES string of the molecule is CCc1n[nH]c(=O)n1-c1ccc(C(C)(C)C)cc1. The fraction of sp³-hybridized carbons (Fsp3) is 0.429. The van der Waals surface area contributed by atoms with Crippen molar-refractivity contribution in [3.63, 3.8) is 0 Å². The summed E-state index contributed by atoms with van der Waals surface area (Å²) in [5, 5.41) is 6.50. The minimum Gasteiger partial charge on any atom is -0.247 e. The Morgan fingerprint density at radius 3 is 2.33 bits per heavy atom. The molecule has 1 N–H and O–H groups in total. The summed E-state index contributed by atoms with van der Waals surface area (Å²) in [6.45, 7) is 8.49. The largest absolute Gasteiger partial charge is 0.347 e. The number of aryl methyl sites for hydroxylation is 1. The molecule has 0 aliphatic rings. The molecule has 1 aromatic carbocycles. The van der Waals surface area contributed by atoms with Crippen LogP contribution in [0.2, 0.25) is 0 Å². The van der Waals surface area contributed by atoms with Crippen molar-refractivity contribution in [3.05, 3.63) is 46.1 Å². The zero-order valence-electron chi connectivity index (χ0n) is 11.3. The Labute approximate surface area is 107 Å². The van der Waals surface area contributed by atoms with Crippen LogP contribution >= 0.6 is 0 Å². The lowest BCUT2D eigenvalue weighted by Crippen LogP contribution is -2.17. The molecule has 0 bridgehead atoms. The van der Waals surface area contributed by atoms with Gasteiger partial charge in [-0.1, -0.05) is 39.8 Å². The molecule has 0 aliphatic carbocycles. The van der Waals surface area contributed by atoms with Crippen LogP contribution in [-0.4, -0.2) is 14.8 Å². The molecule has 0 radical (unpaired) electrons. The van der Waals surface area contributed by atoms with Crippen LogP contribution in [0.3, 0.4) is 0 Å². The fourth-order valence-electron chi connectivity index (χ4n) is 1.94. The first-order chi connectivity index (χ1) is 8.43. The van der Waals surface area contributed by atoms with E-state index >= 15 is 0 Å². The molecule has 4 nitrogen and oxygen atoms in total. The molecule has 0 saturated carbocycles. The fourth-order valence-corrected chi connectivity index (χ4v) is 1.94. The third kappa shape index (κ3) is 2.23. The second-order valence-electron chi connectivity index (χ2n) is 5.43. The van der Waals surface area contributed by atoms with Crippen molar-refractivity contribution in [2.24, 2.45) is 0 Å². The van der Waals surface area contributed by atoms with Crippen LogP contribution in [0.1, 0.15) is 39.1 Å². The summed E-state index contributed by atoms with van der Waals surface area (Å²) in [4.78, 5) is 11.7. The van der Waals surface area contributed by atoms with Gasteiger partial charge >= 0.3 is 5.69 Å². The van der Waals surface area contributed by atoms with Gasteiger partial charge < -0.3 is 0 Å². The minimum atomic E-state index is -0.185. The summed E-state index contributed by atoms with van der Waals surface area (Å²) in [6, 6.07) is 8.07. The van der Waals surface area contributed by atoms with Crippen LogP contribution in [0.15, 0.2) is 29.1 Å². The summed E-state index contributed by atoms with van der Waals surface area (Å²) < 4.78 is 1.62. The van der Waals surface area contributed by atoms with E-state index in [2.05, 4.69) is 43.1 Å². The maximum absolute atomic E-state index is 11.7. The van der Waals surface area contributed by atoms with Crippen LogP contribution in [-0.2, 0) is 11.8 Å². The number of nitrogens with zero attached hydrogens (tertiary/aromatic N) is 2. The summed E-state index contributed by atoms with van der Waals surface area (Å²) in [7, 11) is 0. The van der Waals surface area contributed by atoms with Crippen molar-refractivity contribution in [2.45, 2.75) is 39.5 Å². The molecule has 0 fully saturated rings. The van der Waals surface area contributed by atoms with E-state index < -0.39 is 0 Å². The van der Waals surface area contributed by atoms with E-state index in [-0.39, 0.29) is 11.1 Å².